The monoisotopic (exact) mass is 322 g/mol. The number of ether oxygens (including phenoxy) is 1. The molecule has 3 unspecified atom stereocenters. The standard InChI is InChI=1S/C20H22N2O2/c1-3-13-12-22-9-7-14(13)10-19(22)20(23)16-6-8-21-18-5-4-15(24-2)11-17(16)18/h1,4-6,8,11,13-14,19-20,23H,7,9-10,12H2,2H3/t13?,14?,19-,20+/m0/s1. The maximum atomic E-state index is 11.1. The molecule has 1 aromatic carbocycles. The second kappa shape index (κ2) is 6.08. The van der Waals surface area contributed by atoms with Gasteiger partial charge in [0.25, 0.3) is 0 Å². The molecule has 4 heterocycles. The molecule has 0 spiro atoms. The first kappa shape index (κ1) is 15.4. The second-order valence-electron chi connectivity index (χ2n) is 6.85. The number of piperidine rings is 3. The maximum Gasteiger partial charge on any atom is 0.119 e. The van der Waals surface area contributed by atoms with Crippen LogP contribution in [0.1, 0.15) is 24.5 Å². The van der Waals surface area contributed by atoms with Crippen LogP contribution in [0, 0.1) is 24.2 Å². The minimum Gasteiger partial charge on any atom is -0.497 e. The summed E-state index contributed by atoms with van der Waals surface area (Å²) in [7, 11) is 1.65. The zero-order valence-electron chi connectivity index (χ0n) is 13.9. The van der Waals surface area contributed by atoms with Crippen LogP contribution in [0.2, 0.25) is 0 Å². The number of benzene rings is 1. The van der Waals surface area contributed by atoms with Gasteiger partial charge >= 0.3 is 0 Å². The predicted molar refractivity (Wildman–Crippen MR) is 93.7 cm³/mol. The molecule has 5 atom stereocenters. The number of hydrogen-bond donors (Lipinski definition) is 1. The highest BCUT2D eigenvalue weighted by Crippen LogP contribution is 2.41. The van der Waals surface area contributed by atoms with Gasteiger partial charge in [0, 0.05) is 30.1 Å². The summed E-state index contributed by atoms with van der Waals surface area (Å²) < 4.78 is 5.34. The fraction of sp³-hybridized carbons (Fsp3) is 0.450. The summed E-state index contributed by atoms with van der Waals surface area (Å²) in [6.45, 7) is 1.92. The smallest absolute Gasteiger partial charge is 0.119 e. The second-order valence-corrected chi connectivity index (χ2v) is 6.85. The minimum absolute atomic E-state index is 0.130. The van der Waals surface area contributed by atoms with Crippen LogP contribution < -0.4 is 4.74 Å². The summed E-state index contributed by atoms with van der Waals surface area (Å²) in [6, 6.07) is 7.85. The van der Waals surface area contributed by atoms with Gasteiger partial charge in [-0.1, -0.05) is 0 Å². The van der Waals surface area contributed by atoms with E-state index < -0.39 is 6.10 Å². The molecule has 2 aromatic rings. The summed E-state index contributed by atoms with van der Waals surface area (Å²) in [4.78, 5) is 6.77. The van der Waals surface area contributed by atoms with Crippen molar-refractivity contribution in [1.82, 2.24) is 9.88 Å². The van der Waals surface area contributed by atoms with E-state index >= 15 is 0 Å². The summed E-state index contributed by atoms with van der Waals surface area (Å²) in [6.07, 6.45) is 9.01. The Bertz CT molecular complexity index is 798. The van der Waals surface area contributed by atoms with E-state index in [0.29, 0.717) is 11.8 Å². The highest BCUT2D eigenvalue weighted by Gasteiger charge is 2.42. The third-order valence-electron chi connectivity index (χ3n) is 5.68. The molecule has 0 aliphatic carbocycles. The summed E-state index contributed by atoms with van der Waals surface area (Å²) in [5.74, 6) is 4.57. The number of fused-ring (bicyclic) bond motifs is 4. The Morgan fingerprint density at radius 3 is 3.00 bits per heavy atom. The molecule has 0 radical (unpaired) electrons. The zero-order chi connectivity index (χ0) is 16.7. The maximum absolute atomic E-state index is 11.1. The number of aliphatic hydroxyl groups is 1. The third-order valence-corrected chi connectivity index (χ3v) is 5.68. The van der Waals surface area contributed by atoms with Gasteiger partial charge in [-0.3, -0.25) is 9.88 Å². The Labute approximate surface area is 142 Å². The third kappa shape index (κ3) is 2.45. The number of aliphatic hydroxyl groups excluding tert-OH is 1. The average Bonchev–Trinajstić information content (AvgIpc) is 2.66. The highest BCUT2D eigenvalue weighted by atomic mass is 16.5. The topological polar surface area (TPSA) is 45.6 Å². The Balaban J connectivity index is 1.69. The van der Waals surface area contributed by atoms with Gasteiger partial charge in [-0.25, -0.2) is 0 Å². The van der Waals surface area contributed by atoms with Gasteiger partial charge in [0.15, 0.2) is 0 Å². The lowest BCUT2D eigenvalue weighted by molar-refractivity contribution is -0.0425. The molecule has 24 heavy (non-hydrogen) atoms. The van der Waals surface area contributed by atoms with Gasteiger partial charge in [0.1, 0.15) is 5.75 Å². The van der Waals surface area contributed by atoms with Crippen LogP contribution in [0.15, 0.2) is 30.5 Å². The molecule has 1 N–H and O–H groups in total. The van der Waals surface area contributed by atoms with E-state index in [1.807, 2.05) is 24.3 Å². The largest absolute Gasteiger partial charge is 0.497 e. The average molecular weight is 322 g/mol. The molecular weight excluding hydrogens is 300 g/mol. The van der Waals surface area contributed by atoms with Crippen molar-refractivity contribution in [3.05, 3.63) is 36.0 Å². The van der Waals surface area contributed by atoms with Crippen molar-refractivity contribution in [3.8, 4) is 18.1 Å². The number of hydrogen-bond acceptors (Lipinski definition) is 4. The molecule has 3 aliphatic heterocycles. The SMILES string of the molecule is C#CC1CN2CCC1C[C@H]2[C@H](O)c1ccnc2ccc(OC)cc12. The zero-order valence-corrected chi connectivity index (χ0v) is 13.9. The highest BCUT2D eigenvalue weighted by molar-refractivity contribution is 5.83. The number of aromatic nitrogens is 1. The first-order valence-corrected chi connectivity index (χ1v) is 8.52. The number of terminal acetylenes is 1. The van der Waals surface area contributed by atoms with E-state index in [9.17, 15) is 5.11 Å². The first-order valence-electron chi connectivity index (χ1n) is 8.52. The fourth-order valence-electron chi connectivity index (χ4n) is 4.32. The van der Waals surface area contributed by atoms with E-state index in [0.717, 1.165) is 48.1 Å². The molecule has 3 saturated heterocycles. The van der Waals surface area contributed by atoms with Crippen LogP contribution in [0.5, 0.6) is 5.75 Å². The van der Waals surface area contributed by atoms with Gasteiger partial charge in [-0.2, -0.15) is 0 Å². The minimum atomic E-state index is -0.538. The van der Waals surface area contributed by atoms with Crippen LogP contribution in [0.25, 0.3) is 10.9 Å². The molecule has 0 saturated carbocycles. The molecule has 4 heteroatoms. The lowest BCUT2D eigenvalue weighted by Gasteiger charge is -2.50. The fourth-order valence-corrected chi connectivity index (χ4v) is 4.32. The van der Waals surface area contributed by atoms with Gasteiger partial charge in [0.05, 0.1) is 18.7 Å². The van der Waals surface area contributed by atoms with E-state index in [1.54, 1.807) is 13.3 Å². The van der Waals surface area contributed by atoms with Gasteiger partial charge < -0.3 is 9.84 Å². The summed E-state index contributed by atoms with van der Waals surface area (Å²) >= 11 is 0. The Morgan fingerprint density at radius 1 is 1.42 bits per heavy atom. The van der Waals surface area contributed by atoms with Crippen LogP contribution in [0.3, 0.4) is 0 Å². The molecular formula is C20H22N2O2. The molecule has 1 aromatic heterocycles. The van der Waals surface area contributed by atoms with Crippen molar-refractivity contribution in [2.24, 2.45) is 11.8 Å². The molecule has 0 amide bonds. The summed E-state index contributed by atoms with van der Waals surface area (Å²) in [5.41, 5.74) is 1.80. The van der Waals surface area contributed by atoms with E-state index in [2.05, 4.69) is 15.8 Å². The van der Waals surface area contributed by atoms with Gasteiger partial charge in [0.2, 0.25) is 0 Å². The predicted octanol–water partition coefficient (Wildman–Crippen LogP) is 2.62. The molecule has 4 nitrogen and oxygen atoms in total. The first-order chi connectivity index (χ1) is 11.7. The number of rotatable bonds is 3. The van der Waals surface area contributed by atoms with Crippen LogP contribution in [-0.2, 0) is 0 Å². The lowest BCUT2D eigenvalue weighted by Crippen LogP contribution is -2.55. The molecule has 124 valence electrons. The van der Waals surface area contributed by atoms with Crippen molar-refractivity contribution in [2.45, 2.75) is 25.0 Å². The van der Waals surface area contributed by atoms with E-state index in [1.165, 1.54) is 0 Å². The van der Waals surface area contributed by atoms with Gasteiger partial charge in [-0.05, 0) is 55.1 Å². The lowest BCUT2D eigenvalue weighted by atomic mass is 9.74. The van der Waals surface area contributed by atoms with Crippen molar-refractivity contribution < 1.29 is 9.84 Å². The molecule has 2 bridgehead atoms. The Kier molecular flexibility index (Phi) is 3.91. The van der Waals surface area contributed by atoms with Crippen molar-refractivity contribution in [2.75, 3.05) is 20.2 Å². The van der Waals surface area contributed by atoms with E-state index in [-0.39, 0.29) is 6.04 Å². The van der Waals surface area contributed by atoms with Crippen molar-refractivity contribution in [1.29, 1.82) is 0 Å². The normalized spacial score (nSPS) is 30.0. The Hall–Kier alpha value is -2.09. The van der Waals surface area contributed by atoms with Crippen LogP contribution >= 0.6 is 0 Å². The molecule has 3 aliphatic rings. The summed E-state index contributed by atoms with van der Waals surface area (Å²) in [5, 5.41) is 12.1. The number of nitrogens with zero attached hydrogens (tertiary/aromatic N) is 2. The van der Waals surface area contributed by atoms with Crippen LogP contribution in [0.4, 0.5) is 0 Å². The van der Waals surface area contributed by atoms with Crippen molar-refractivity contribution >= 4 is 10.9 Å². The van der Waals surface area contributed by atoms with E-state index in [4.69, 9.17) is 11.2 Å². The van der Waals surface area contributed by atoms with Crippen molar-refractivity contribution in [3.63, 3.8) is 0 Å². The Morgan fingerprint density at radius 2 is 2.29 bits per heavy atom. The van der Waals surface area contributed by atoms with Crippen LogP contribution in [-0.4, -0.2) is 41.2 Å². The quantitative estimate of drug-likeness (QED) is 0.883. The molecule has 5 rings (SSSR count). The van der Waals surface area contributed by atoms with Gasteiger partial charge in [-0.15, -0.1) is 12.3 Å². The number of methoxy groups -OCH3 is 1. The number of pyridine rings is 1. The molecule has 3 fully saturated rings.